The topological polar surface area (TPSA) is 68.8 Å². The van der Waals surface area contributed by atoms with Crippen LogP contribution >= 0.6 is 0 Å². The van der Waals surface area contributed by atoms with Crippen molar-refractivity contribution < 1.29 is 4.52 Å². The molecule has 0 fully saturated rings. The van der Waals surface area contributed by atoms with Gasteiger partial charge in [0, 0.05) is 24.9 Å². The maximum atomic E-state index is 5.38. The van der Waals surface area contributed by atoms with E-state index in [4.69, 9.17) is 4.52 Å². The van der Waals surface area contributed by atoms with Gasteiger partial charge in [-0.3, -0.25) is 0 Å². The minimum absolute atomic E-state index is 0.0220. The van der Waals surface area contributed by atoms with E-state index in [1.54, 1.807) is 6.20 Å². The SMILES string of the molecule is Cc1cc(C)c(-n2cccn2)c(CNC(C)c2nc(C(C)C)no2)c1. The first kappa shape index (κ1) is 17.4. The molecule has 6 nitrogen and oxygen atoms in total. The highest BCUT2D eigenvalue weighted by Gasteiger charge is 2.17. The van der Waals surface area contributed by atoms with Gasteiger partial charge < -0.3 is 9.84 Å². The summed E-state index contributed by atoms with van der Waals surface area (Å²) < 4.78 is 7.30. The molecule has 1 N–H and O–H groups in total. The molecule has 0 amide bonds. The van der Waals surface area contributed by atoms with Crippen molar-refractivity contribution in [1.82, 2.24) is 25.2 Å². The highest BCUT2D eigenvalue weighted by atomic mass is 16.5. The number of hydrogen-bond acceptors (Lipinski definition) is 5. The van der Waals surface area contributed by atoms with Crippen molar-refractivity contribution in [1.29, 1.82) is 0 Å². The Labute approximate surface area is 148 Å². The zero-order chi connectivity index (χ0) is 18.0. The summed E-state index contributed by atoms with van der Waals surface area (Å²) >= 11 is 0. The first-order valence-electron chi connectivity index (χ1n) is 8.62. The third kappa shape index (κ3) is 3.79. The number of aromatic nitrogens is 4. The number of benzene rings is 1. The summed E-state index contributed by atoms with van der Waals surface area (Å²) in [6.07, 6.45) is 3.77. The van der Waals surface area contributed by atoms with E-state index in [-0.39, 0.29) is 12.0 Å². The molecule has 132 valence electrons. The van der Waals surface area contributed by atoms with Crippen LogP contribution in [-0.2, 0) is 6.54 Å². The van der Waals surface area contributed by atoms with Crippen LogP contribution in [0.15, 0.2) is 35.1 Å². The Morgan fingerprint density at radius 2 is 2.00 bits per heavy atom. The van der Waals surface area contributed by atoms with Crippen LogP contribution in [0.5, 0.6) is 0 Å². The predicted octanol–water partition coefficient (Wildman–Crippen LogP) is 3.85. The van der Waals surface area contributed by atoms with Crippen molar-refractivity contribution in [3.8, 4) is 5.69 Å². The van der Waals surface area contributed by atoms with Crippen LogP contribution in [0.3, 0.4) is 0 Å². The lowest BCUT2D eigenvalue weighted by molar-refractivity contribution is 0.334. The Morgan fingerprint density at radius 1 is 1.20 bits per heavy atom. The average Bonchev–Trinajstić information content (AvgIpc) is 3.23. The van der Waals surface area contributed by atoms with Crippen LogP contribution in [0, 0.1) is 13.8 Å². The van der Waals surface area contributed by atoms with Gasteiger partial charge in [0.1, 0.15) is 0 Å². The number of rotatable bonds is 6. The van der Waals surface area contributed by atoms with Gasteiger partial charge in [-0.25, -0.2) is 4.68 Å². The summed E-state index contributed by atoms with van der Waals surface area (Å²) in [6.45, 7) is 11.1. The van der Waals surface area contributed by atoms with Gasteiger partial charge in [-0.15, -0.1) is 0 Å². The van der Waals surface area contributed by atoms with Gasteiger partial charge in [0.2, 0.25) is 5.89 Å². The van der Waals surface area contributed by atoms with E-state index in [9.17, 15) is 0 Å². The quantitative estimate of drug-likeness (QED) is 0.739. The monoisotopic (exact) mass is 339 g/mol. The van der Waals surface area contributed by atoms with E-state index in [0.717, 1.165) is 11.5 Å². The molecule has 1 atom stereocenters. The minimum Gasteiger partial charge on any atom is -0.338 e. The Hall–Kier alpha value is -2.47. The Bertz CT molecular complexity index is 836. The second kappa shape index (κ2) is 7.19. The molecule has 3 aromatic rings. The zero-order valence-corrected chi connectivity index (χ0v) is 15.4. The molecular weight excluding hydrogens is 314 g/mol. The van der Waals surface area contributed by atoms with Crippen molar-refractivity contribution in [2.45, 2.75) is 53.1 Å². The molecular formula is C19H25N5O. The second-order valence-corrected chi connectivity index (χ2v) is 6.79. The highest BCUT2D eigenvalue weighted by Crippen LogP contribution is 2.22. The van der Waals surface area contributed by atoms with Crippen molar-refractivity contribution in [2.24, 2.45) is 0 Å². The number of aryl methyl sites for hydroxylation is 2. The fourth-order valence-corrected chi connectivity index (χ4v) is 2.92. The third-order valence-electron chi connectivity index (χ3n) is 4.20. The van der Waals surface area contributed by atoms with Crippen molar-refractivity contribution in [3.63, 3.8) is 0 Å². The molecule has 0 saturated heterocycles. The largest absolute Gasteiger partial charge is 0.338 e. The van der Waals surface area contributed by atoms with Gasteiger partial charge in [0.05, 0.1) is 11.7 Å². The van der Waals surface area contributed by atoms with E-state index in [0.29, 0.717) is 12.4 Å². The third-order valence-corrected chi connectivity index (χ3v) is 4.20. The Kier molecular flexibility index (Phi) is 4.99. The predicted molar refractivity (Wildman–Crippen MR) is 96.7 cm³/mol. The molecule has 0 bridgehead atoms. The molecule has 0 aliphatic heterocycles. The molecule has 6 heteroatoms. The Morgan fingerprint density at radius 3 is 2.64 bits per heavy atom. The smallest absolute Gasteiger partial charge is 0.243 e. The van der Waals surface area contributed by atoms with Crippen LogP contribution in [0.2, 0.25) is 0 Å². The van der Waals surface area contributed by atoms with Gasteiger partial charge in [-0.1, -0.05) is 36.7 Å². The van der Waals surface area contributed by atoms with Crippen LogP contribution < -0.4 is 5.32 Å². The summed E-state index contributed by atoms with van der Waals surface area (Å²) in [5.74, 6) is 1.62. The van der Waals surface area contributed by atoms with Crippen LogP contribution in [0.1, 0.15) is 61.1 Å². The number of hydrogen-bond donors (Lipinski definition) is 1. The summed E-state index contributed by atoms with van der Waals surface area (Å²) in [5, 5.41) is 11.9. The lowest BCUT2D eigenvalue weighted by Gasteiger charge is -2.16. The summed E-state index contributed by atoms with van der Waals surface area (Å²) in [5.41, 5.74) is 4.74. The molecule has 1 aromatic carbocycles. The first-order valence-corrected chi connectivity index (χ1v) is 8.62. The van der Waals surface area contributed by atoms with Gasteiger partial charge in [-0.05, 0) is 38.0 Å². The minimum atomic E-state index is -0.0220. The van der Waals surface area contributed by atoms with Gasteiger partial charge >= 0.3 is 0 Å². The van der Waals surface area contributed by atoms with E-state index in [2.05, 4.69) is 60.4 Å². The van der Waals surface area contributed by atoms with Gasteiger partial charge in [0.25, 0.3) is 0 Å². The molecule has 2 heterocycles. The highest BCUT2D eigenvalue weighted by molar-refractivity contribution is 5.49. The molecule has 0 aliphatic rings. The maximum Gasteiger partial charge on any atom is 0.243 e. The molecule has 25 heavy (non-hydrogen) atoms. The number of nitrogens with zero attached hydrogens (tertiary/aromatic N) is 4. The van der Waals surface area contributed by atoms with E-state index >= 15 is 0 Å². The standard InChI is InChI=1S/C19H25N5O/c1-12(2)18-22-19(25-23-18)15(5)20-11-16-10-13(3)9-14(4)17(16)24-8-6-7-21-24/h6-10,12,15,20H,11H2,1-5H3. The molecule has 2 aromatic heterocycles. The average molecular weight is 339 g/mol. The second-order valence-electron chi connectivity index (χ2n) is 6.79. The molecule has 0 saturated carbocycles. The summed E-state index contributed by atoms with van der Waals surface area (Å²) in [7, 11) is 0. The van der Waals surface area contributed by atoms with Crippen LogP contribution in [0.25, 0.3) is 5.69 Å². The molecule has 0 radical (unpaired) electrons. The lowest BCUT2D eigenvalue weighted by atomic mass is 10.0. The number of nitrogens with one attached hydrogen (secondary N) is 1. The Balaban J connectivity index is 1.80. The molecule has 3 rings (SSSR count). The van der Waals surface area contributed by atoms with Crippen molar-refractivity contribution in [3.05, 3.63) is 59.0 Å². The summed E-state index contributed by atoms with van der Waals surface area (Å²) in [4.78, 5) is 4.47. The van der Waals surface area contributed by atoms with Crippen molar-refractivity contribution in [2.75, 3.05) is 0 Å². The fraction of sp³-hybridized carbons (Fsp3) is 0.421. The summed E-state index contributed by atoms with van der Waals surface area (Å²) in [6, 6.07) is 6.28. The first-order chi connectivity index (χ1) is 12.0. The molecule has 0 aliphatic carbocycles. The lowest BCUT2D eigenvalue weighted by Crippen LogP contribution is -2.20. The van der Waals surface area contributed by atoms with E-state index in [1.807, 2.05) is 23.9 Å². The van der Waals surface area contributed by atoms with Crippen LogP contribution in [0.4, 0.5) is 0 Å². The fourth-order valence-electron chi connectivity index (χ4n) is 2.92. The zero-order valence-electron chi connectivity index (χ0n) is 15.4. The van der Waals surface area contributed by atoms with E-state index in [1.165, 1.54) is 16.7 Å². The van der Waals surface area contributed by atoms with Crippen molar-refractivity contribution >= 4 is 0 Å². The maximum absolute atomic E-state index is 5.38. The molecule has 1 unspecified atom stereocenters. The van der Waals surface area contributed by atoms with Gasteiger partial charge in [-0.2, -0.15) is 10.1 Å². The van der Waals surface area contributed by atoms with Crippen LogP contribution in [-0.4, -0.2) is 19.9 Å². The molecule has 0 spiro atoms. The van der Waals surface area contributed by atoms with E-state index < -0.39 is 0 Å². The normalized spacial score (nSPS) is 12.7. The van der Waals surface area contributed by atoms with Gasteiger partial charge in [0.15, 0.2) is 5.82 Å².